The summed E-state index contributed by atoms with van der Waals surface area (Å²) in [7, 11) is 0. The van der Waals surface area contributed by atoms with Gasteiger partial charge in [0.15, 0.2) is 0 Å². The zero-order chi connectivity index (χ0) is 28.9. The van der Waals surface area contributed by atoms with Gasteiger partial charge in [-0.2, -0.15) is 0 Å². The Balaban J connectivity index is 1.42. The summed E-state index contributed by atoms with van der Waals surface area (Å²) in [6, 6.07) is 27.9. The molecule has 0 saturated carbocycles. The summed E-state index contributed by atoms with van der Waals surface area (Å²) in [5.41, 5.74) is 6.73. The van der Waals surface area contributed by atoms with E-state index in [0.717, 1.165) is 52.0 Å². The normalized spacial score (nSPS) is 11.9. The number of aliphatic hydroxyl groups is 1. The van der Waals surface area contributed by atoms with E-state index in [2.05, 4.69) is 16.8 Å². The molecule has 7 nitrogen and oxygen atoms in total. The molecule has 41 heavy (non-hydrogen) atoms. The van der Waals surface area contributed by atoms with E-state index in [1.54, 1.807) is 12.1 Å². The first kappa shape index (κ1) is 27.8. The lowest BCUT2D eigenvalue weighted by molar-refractivity contribution is 0.0697. The Kier molecular flexibility index (Phi) is 8.26. The number of nitrogens with zero attached hydrogens (tertiary/aromatic N) is 2. The van der Waals surface area contributed by atoms with Crippen molar-refractivity contribution in [3.05, 3.63) is 125 Å². The maximum atomic E-state index is 13.1. The van der Waals surface area contributed by atoms with Gasteiger partial charge in [0.05, 0.1) is 22.7 Å². The van der Waals surface area contributed by atoms with Gasteiger partial charge in [-0.25, -0.2) is 9.78 Å². The minimum absolute atomic E-state index is 0.109. The van der Waals surface area contributed by atoms with E-state index in [1.165, 1.54) is 0 Å². The van der Waals surface area contributed by atoms with E-state index < -0.39 is 12.1 Å². The Hall–Kier alpha value is -4.75. The molecule has 0 saturated heterocycles. The van der Waals surface area contributed by atoms with Gasteiger partial charge < -0.3 is 20.1 Å². The second kappa shape index (κ2) is 12.2. The number of carbonyl (C=O) groups excluding carboxylic acids is 1. The summed E-state index contributed by atoms with van der Waals surface area (Å²) in [6.45, 7) is 4.74. The van der Waals surface area contributed by atoms with Gasteiger partial charge in [0.25, 0.3) is 5.91 Å². The molecular formula is C34H33N3O4. The summed E-state index contributed by atoms with van der Waals surface area (Å²) in [6.07, 6.45) is 0.929. The molecule has 208 valence electrons. The molecule has 0 unspecified atom stereocenters. The number of hydrogen-bond acceptors (Lipinski definition) is 4. The average Bonchev–Trinajstić information content (AvgIpc) is 3.34. The molecule has 1 aromatic heterocycles. The second-order valence-corrected chi connectivity index (χ2v) is 10.2. The van der Waals surface area contributed by atoms with Gasteiger partial charge in [0.2, 0.25) is 0 Å². The van der Waals surface area contributed by atoms with Gasteiger partial charge in [0.1, 0.15) is 5.82 Å². The fraction of sp³-hybridized carbons (Fsp3) is 0.206. The van der Waals surface area contributed by atoms with Crippen LogP contribution in [0.2, 0.25) is 0 Å². The van der Waals surface area contributed by atoms with Crippen molar-refractivity contribution in [1.82, 2.24) is 14.9 Å². The van der Waals surface area contributed by atoms with Crippen molar-refractivity contribution in [1.29, 1.82) is 0 Å². The summed E-state index contributed by atoms with van der Waals surface area (Å²) < 4.78 is 2.15. The summed E-state index contributed by atoms with van der Waals surface area (Å²) in [5, 5.41) is 22.9. The first-order valence-electron chi connectivity index (χ1n) is 13.8. The van der Waals surface area contributed by atoms with Crippen LogP contribution in [0, 0.1) is 6.92 Å². The quantitative estimate of drug-likeness (QED) is 0.194. The fourth-order valence-electron chi connectivity index (χ4n) is 5.14. The van der Waals surface area contributed by atoms with Crippen LogP contribution < -0.4 is 5.32 Å². The fourth-order valence-corrected chi connectivity index (χ4v) is 5.14. The van der Waals surface area contributed by atoms with Crippen molar-refractivity contribution in [2.24, 2.45) is 0 Å². The van der Waals surface area contributed by atoms with Gasteiger partial charge in [-0.1, -0.05) is 79.7 Å². The largest absolute Gasteiger partial charge is 0.478 e. The number of aromatic nitrogens is 2. The highest BCUT2D eigenvalue weighted by Gasteiger charge is 2.18. The van der Waals surface area contributed by atoms with Gasteiger partial charge >= 0.3 is 5.97 Å². The van der Waals surface area contributed by atoms with E-state index in [9.17, 15) is 19.8 Å². The number of carboxylic acid groups (broad SMARTS) is 1. The van der Waals surface area contributed by atoms with Crippen LogP contribution in [-0.4, -0.2) is 38.2 Å². The number of aromatic carboxylic acids is 1. The third-order valence-electron chi connectivity index (χ3n) is 7.26. The van der Waals surface area contributed by atoms with E-state index in [1.807, 2.05) is 85.8 Å². The molecule has 1 atom stereocenters. The molecule has 0 bridgehead atoms. The molecular weight excluding hydrogens is 514 g/mol. The Morgan fingerprint density at radius 1 is 0.951 bits per heavy atom. The molecule has 1 heterocycles. The highest BCUT2D eigenvalue weighted by molar-refractivity contribution is 5.98. The van der Waals surface area contributed by atoms with Crippen molar-refractivity contribution in [2.45, 2.75) is 39.3 Å². The van der Waals surface area contributed by atoms with Crippen LogP contribution in [0.5, 0.6) is 0 Å². The molecule has 0 aliphatic heterocycles. The average molecular weight is 548 g/mol. The van der Waals surface area contributed by atoms with Crippen molar-refractivity contribution in [3.8, 4) is 11.1 Å². The first-order chi connectivity index (χ1) is 19.9. The lowest BCUT2D eigenvalue weighted by atomic mass is 9.98. The van der Waals surface area contributed by atoms with Gasteiger partial charge in [-0.3, -0.25) is 4.79 Å². The van der Waals surface area contributed by atoms with Crippen molar-refractivity contribution in [2.75, 3.05) is 6.54 Å². The zero-order valence-corrected chi connectivity index (χ0v) is 23.2. The van der Waals surface area contributed by atoms with E-state index >= 15 is 0 Å². The monoisotopic (exact) mass is 547 g/mol. The zero-order valence-electron chi connectivity index (χ0n) is 23.2. The highest BCUT2D eigenvalue weighted by atomic mass is 16.4. The number of amides is 1. The number of carbonyl (C=O) groups is 2. The number of rotatable bonds is 10. The Labute approximate surface area is 239 Å². The lowest BCUT2D eigenvalue weighted by Gasteiger charge is -2.13. The molecule has 5 aromatic rings. The topological polar surface area (TPSA) is 104 Å². The smallest absolute Gasteiger partial charge is 0.336 e. The van der Waals surface area contributed by atoms with Gasteiger partial charge in [0, 0.05) is 25.1 Å². The van der Waals surface area contributed by atoms with Crippen LogP contribution in [0.4, 0.5) is 0 Å². The number of carboxylic acids is 1. The van der Waals surface area contributed by atoms with Crippen LogP contribution in [0.25, 0.3) is 22.2 Å². The molecule has 0 aliphatic rings. The predicted octanol–water partition coefficient (Wildman–Crippen LogP) is 6.17. The lowest BCUT2D eigenvalue weighted by Crippen LogP contribution is -2.28. The summed E-state index contributed by atoms with van der Waals surface area (Å²) in [5.74, 6) is -0.261. The molecule has 0 aliphatic carbocycles. The third-order valence-corrected chi connectivity index (χ3v) is 7.26. The van der Waals surface area contributed by atoms with Crippen molar-refractivity contribution >= 4 is 22.9 Å². The van der Waals surface area contributed by atoms with Crippen LogP contribution in [0.15, 0.2) is 91.0 Å². The minimum atomic E-state index is -0.955. The Morgan fingerprint density at radius 3 is 2.37 bits per heavy atom. The van der Waals surface area contributed by atoms with Crippen LogP contribution in [0.3, 0.4) is 0 Å². The molecule has 1 amide bonds. The number of nitrogens with one attached hydrogen (secondary N) is 1. The maximum Gasteiger partial charge on any atom is 0.336 e. The number of aliphatic hydroxyl groups excluding tert-OH is 1. The van der Waals surface area contributed by atoms with Crippen molar-refractivity contribution < 1.29 is 19.8 Å². The van der Waals surface area contributed by atoms with E-state index in [0.29, 0.717) is 17.7 Å². The number of benzene rings is 4. The Bertz CT molecular complexity index is 1690. The Morgan fingerprint density at radius 2 is 1.66 bits per heavy atom. The third kappa shape index (κ3) is 6.05. The number of hydrogen-bond donors (Lipinski definition) is 3. The predicted molar refractivity (Wildman–Crippen MR) is 160 cm³/mol. The molecule has 0 radical (unpaired) electrons. The SMILES string of the molecule is CCCc1nc2c(C)cc(C(=O)NC[C@H](O)c3ccccc3)cc2n1Cc1ccc(-c2ccccc2C(=O)O)cc1. The molecule has 0 fully saturated rings. The number of imidazole rings is 1. The summed E-state index contributed by atoms with van der Waals surface area (Å²) in [4.78, 5) is 29.8. The van der Waals surface area contributed by atoms with E-state index in [-0.39, 0.29) is 18.0 Å². The number of aryl methyl sites for hydroxylation is 2. The van der Waals surface area contributed by atoms with E-state index in [4.69, 9.17) is 4.98 Å². The number of fused-ring (bicyclic) bond motifs is 1. The molecule has 5 rings (SSSR count). The van der Waals surface area contributed by atoms with Crippen LogP contribution in [-0.2, 0) is 13.0 Å². The molecule has 3 N–H and O–H groups in total. The van der Waals surface area contributed by atoms with Gasteiger partial charge in [-0.15, -0.1) is 0 Å². The minimum Gasteiger partial charge on any atom is -0.478 e. The molecule has 0 spiro atoms. The second-order valence-electron chi connectivity index (χ2n) is 10.2. The standard InChI is InChI=1S/C34H33N3O4/c1-3-9-31-36-32-22(2)18-26(33(39)35-20-30(38)25-10-5-4-6-11-25)19-29(32)37(31)21-23-14-16-24(17-15-23)27-12-7-8-13-28(27)34(40)41/h4-8,10-19,30,38H,3,9,20-21H2,1-2H3,(H,35,39)(H,40,41)/t30-/m0/s1. The maximum absolute atomic E-state index is 13.1. The molecule has 4 aromatic carbocycles. The van der Waals surface area contributed by atoms with Crippen molar-refractivity contribution in [3.63, 3.8) is 0 Å². The van der Waals surface area contributed by atoms with Crippen LogP contribution in [0.1, 0.15) is 62.7 Å². The first-order valence-corrected chi connectivity index (χ1v) is 13.8. The summed E-state index contributed by atoms with van der Waals surface area (Å²) >= 11 is 0. The highest BCUT2D eigenvalue weighted by Crippen LogP contribution is 2.27. The van der Waals surface area contributed by atoms with Crippen LogP contribution >= 0.6 is 0 Å². The van der Waals surface area contributed by atoms with Gasteiger partial charge in [-0.05, 0) is 59.4 Å². The molecule has 7 heteroatoms.